The molecule has 0 atom stereocenters. The lowest BCUT2D eigenvalue weighted by molar-refractivity contribution is -0.111. The quantitative estimate of drug-likeness (QED) is 0.717. The Morgan fingerprint density at radius 3 is 3.00 bits per heavy atom. The normalized spacial score (nSPS) is 11.3. The molecule has 1 amide bonds. The fraction of sp³-hybridized carbons (Fsp3) is 0.125. The summed E-state index contributed by atoms with van der Waals surface area (Å²) < 4.78 is 1.10. The van der Waals surface area contributed by atoms with Crippen LogP contribution < -0.4 is 5.32 Å². The zero-order chi connectivity index (χ0) is 14.7. The van der Waals surface area contributed by atoms with E-state index in [2.05, 4.69) is 23.3 Å². The number of aryl methyl sites for hydroxylation is 1. The number of amides is 1. The van der Waals surface area contributed by atoms with Gasteiger partial charge in [0.15, 0.2) is 5.13 Å². The number of hydrogen-bond acceptors (Lipinski definition) is 4. The summed E-state index contributed by atoms with van der Waals surface area (Å²) in [6.45, 7) is 2.11. The summed E-state index contributed by atoms with van der Waals surface area (Å²) in [7, 11) is 0. The molecule has 0 unspecified atom stereocenters. The molecule has 3 aromatic rings. The number of nitrogens with zero attached hydrogens (tertiary/aromatic N) is 1. The lowest BCUT2D eigenvalue weighted by Crippen LogP contribution is -2.07. The number of anilines is 1. The van der Waals surface area contributed by atoms with Crippen molar-refractivity contribution in [2.45, 2.75) is 13.3 Å². The molecule has 2 heterocycles. The molecule has 1 aromatic carbocycles. The van der Waals surface area contributed by atoms with E-state index in [9.17, 15) is 4.79 Å². The fourth-order valence-corrected chi connectivity index (χ4v) is 3.57. The minimum Gasteiger partial charge on any atom is -0.298 e. The number of thiophene rings is 1. The van der Waals surface area contributed by atoms with Gasteiger partial charge in [-0.25, -0.2) is 4.98 Å². The Morgan fingerprint density at radius 1 is 1.33 bits per heavy atom. The first-order valence-corrected chi connectivity index (χ1v) is 8.37. The molecular weight excluding hydrogens is 300 g/mol. The highest BCUT2D eigenvalue weighted by atomic mass is 32.1. The standard InChI is InChI=1S/C16H14N2OS2/c1-2-11-5-3-7-13-15(11)18-16(21-13)17-14(19)9-8-12-6-4-10-20-12/h3-10H,2H2,1H3,(H,17,18,19)/b9-8-. The third kappa shape index (κ3) is 3.20. The van der Waals surface area contributed by atoms with Crippen molar-refractivity contribution in [1.29, 1.82) is 0 Å². The second-order valence-corrected chi connectivity index (χ2v) is 6.48. The lowest BCUT2D eigenvalue weighted by Gasteiger charge is -1.96. The predicted molar refractivity (Wildman–Crippen MR) is 91.0 cm³/mol. The van der Waals surface area contributed by atoms with E-state index in [4.69, 9.17) is 0 Å². The molecule has 0 saturated heterocycles. The first kappa shape index (κ1) is 14.0. The van der Waals surface area contributed by atoms with Crippen molar-refractivity contribution in [3.05, 3.63) is 52.2 Å². The SMILES string of the molecule is CCc1cccc2sc(NC(=O)/C=C\c3cccs3)nc12. The number of carbonyl (C=O) groups is 1. The number of para-hydroxylation sites is 1. The van der Waals surface area contributed by atoms with Crippen LogP contribution in [0.25, 0.3) is 16.3 Å². The Hall–Kier alpha value is -1.98. The summed E-state index contributed by atoms with van der Waals surface area (Å²) in [5.41, 5.74) is 2.20. The Balaban J connectivity index is 1.77. The summed E-state index contributed by atoms with van der Waals surface area (Å²) in [6.07, 6.45) is 4.29. The van der Waals surface area contributed by atoms with Crippen molar-refractivity contribution < 1.29 is 4.79 Å². The highest BCUT2D eigenvalue weighted by Gasteiger charge is 2.08. The van der Waals surface area contributed by atoms with Gasteiger partial charge >= 0.3 is 0 Å². The van der Waals surface area contributed by atoms with Crippen LogP contribution in [0.15, 0.2) is 41.8 Å². The number of thiazole rings is 1. The summed E-state index contributed by atoms with van der Waals surface area (Å²) in [5, 5.41) is 5.46. The van der Waals surface area contributed by atoms with Gasteiger partial charge in [-0.2, -0.15) is 0 Å². The van der Waals surface area contributed by atoms with Crippen LogP contribution in [-0.4, -0.2) is 10.9 Å². The van der Waals surface area contributed by atoms with Gasteiger partial charge in [0.1, 0.15) is 0 Å². The van der Waals surface area contributed by atoms with Crippen LogP contribution in [0.3, 0.4) is 0 Å². The molecule has 1 N–H and O–H groups in total. The van der Waals surface area contributed by atoms with Gasteiger partial charge in [-0.15, -0.1) is 11.3 Å². The number of fused-ring (bicyclic) bond motifs is 1. The molecule has 0 aliphatic rings. The van der Waals surface area contributed by atoms with Gasteiger partial charge in [-0.05, 0) is 35.6 Å². The highest BCUT2D eigenvalue weighted by Crippen LogP contribution is 2.28. The van der Waals surface area contributed by atoms with E-state index >= 15 is 0 Å². The van der Waals surface area contributed by atoms with Crippen LogP contribution in [0.1, 0.15) is 17.4 Å². The summed E-state index contributed by atoms with van der Waals surface area (Å²) in [5.74, 6) is -0.152. The molecule has 2 aromatic heterocycles. The third-order valence-corrected chi connectivity index (χ3v) is 4.83. The molecule has 3 rings (SSSR count). The van der Waals surface area contributed by atoms with Crippen molar-refractivity contribution in [2.24, 2.45) is 0 Å². The monoisotopic (exact) mass is 314 g/mol. The van der Waals surface area contributed by atoms with Crippen LogP contribution in [0.2, 0.25) is 0 Å². The third-order valence-electron chi connectivity index (χ3n) is 3.06. The van der Waals surface area contributed by atoms with Gasteiger partial charge in [0, 0.05) is 11.0 Å². The summed E-state index contributed by atoms with van der Waals surface area (Å²) in [4.78, 5) is 17.5. The fourth-order valence-electron chi connectivity index (χ4n) is 2.04. The van der Waals surface area contributed by atoms with E-state index < -0.39 is 0 Å². The second-order valence-electron chi connectivity index (χ2n) is 4.47. The van der Waals surface area contributed by atoms with E-state index in [1.807, 2.05) is 35.7 Å². The zero-order valence-corrected chi connectivity index (χ0v) is 13.1. The molecule has 0 bridgehead atoms. The van der Waals surface area contributed by atoms with E-state index in [0.29, 0.717) is 5.13 Å². The van der Waals surface area contributed by atoms with Crippen LogP contribution in [0, 0.1) is 0 Å². The van der Waals surface area contributed by atoms with Gasteiger partial charge in [-0.3, -0.25) is 10.1 Å². The molecule has 0 radical (unpaired) electrons. The van der Waals surface area contributed by atoms with E-state index in [-0.39, 0.29) is 5.91 Å². The van der Waals surface area contributed by atoms with Crippen LogP contribution in [-0.2, 0) is 11.2 Å². The van der Waals surface area contributed by atoms with Crippen LogP contribution in [0.5, 0.6) is 0 Å². The van der Waals surface area contributed by atoms with Crippen molar-refractivity contribution in [3.63, 3.8) is 0 Å². The van der Waals surface area contributed by atoms with Gasteiger partial charge in [-0.1, -0.05) is 36.5 Å². The van der Waals surface area contributed by atoms with E-state index in [0.717, 1.165) is 21.5 Å². The molecule has 0 aliphatic heterocycles. The zero-order valence-electron chi connectivity index (χ0n) is 11.5. The number of hydrogen-bond donors (Lipinski definition) is 1. The molecule has 0 saturated carbocycles. The van der Waals surface area contributed by atoms with Crippen molar-refractivity contribution in [1.82, 2.24) is 4.98 Å². The predicted octanol–water partition coefficient (Wildman–Crippen LogP) is 4.57. The molecular formula is C16H14N2OS2. The Labute approximate surface area is 131 Å². The number of carbonyl (C=O) groups excluding carboxylic acids is 1. The lowest BCUT2D eigenvalue weighted by atomic mass is 10.1. The summed E-state index contributed by atoms with van der Waals surface area (Å²) >= 11 is 3.10. The summed E-state index contributed by atoms with van der Waals surface area (Å²) in [6, 6.07) is 10.1. The van der Waals surface area contributed by atoms with Gasteiger partial charge < -0.3 is 0 Å². The minimum absolute atomic E-state index is 0.152. The van der Waals surface area contributed by atoms with Gasteiger partial charge in [0.05, 0.1) is 10.2 Å². The molecule has 0 fully saturated rings. The van der Waals surface area contributed by atoms with Crippen molar-refractivity contribution >= 4 is 50.0 Å². The average Bonchev–Trinajstić information content (AvgIpc) is 3.13. The maximum atomic E-state index is 11.9. The molecule has 0 spiro atoms. The smallest absolute Gasteiger partial charge is 0.250 e. The van der Waals surface area contributed by atoms with Crippen LogP contribution in [0.4, 0.5) is 5.13 Å². The molecule has 3 nitrogen and oxygen atoms in total. The van der Waals surface area contributed by atoms with Crippen molar-refractivity contribution in [3.8, 4) is 0 Å². The Bertz CT molecular complexity index is 788. The number of benzene rings is 1. The topological polar surface area (TPSA) is 42.0 Å². The maximum Gasteiger partial charge on any atom is 0.250 e. The van der Waals surface area contributed by atoms with E-state index in [1.165, 1.54) is 16.9 Å². The van der Waals surface area contributed by atoms with Crippen LogP contribution >= 0.6 is 22.7 Å². The Morgan fingerprint density at radius 2 is 2.24 bits per heavy atom. The molecule has 0 aliphatic carbocycles. The largest absolute Gasteiger partial charge is 0.298 e. The molecule has 21 heavy (non-hydrogen) atoms. The van der Waals surface area contributed by atoms with Gasteiger partial charge in [0.2, 0.25) is 5.91 Å². The molecule has 5 heteroatoms. The average molecular weight is 314 g/mol. The highest BCUT2D eigenvalue weighted by molar-refractivity contribution is 7.22. The van der Waals surface area contributed by atoms with E-state index in [1.54, 1.807) is 17.4 Å². The number of aromatic nitrogens is 1. The maximum absolute atomic E-state index is 11.9. The number of rotatable bonds is 4. The first-order valence-electron chi connectivity index (χ1n) is 6.67. The first-order chi connectivity index (χ1) is 10.3. The van der Waals surface area contributed by atoms with Gasteiger partial charge in [0.25, 0.3) is 0 Å². The number of nitrogens with one attached hydrogen (secondary N) is 1. The Kier molecular flexibility index (Phi) is 4.13. The minimum atomic E-state index is -0.152. The van der Waals surface area contributed by atoms with Crippen molar-refractivity contribution in [2.75, 3.05) is 5.32 Å². The molecule has 106 valence electrons. The second kappa shape index (κ2) is 6.20.